The van der Waals surface area contributed by atoms with Gasteiger partial charge in [0.25, 0.3) is 5.17 Å². The highest BCUT2D eigenvalue weighted by atomic mass is 32.1. The molecule has 70 valence electrons. The van der Waals surface area contributed by atoms with Crippen LogP contribution in [-0.2, 0) is 0 Å². The quantitative estimate of drug-likeness (QED) is 0.418. The minimum absolute atomic E-state index is 0.130. The van der Waals surface area contributed by atoms with Gasteiger partial charge in [-0.25, -0.2) is 5.84 Å². The molecule has 5 heteroatoms. The van der Waals surface area contributed by atoms with Crippen LogP contribution in [0.1, 0.15) is 0 Å². The van der Waals surface area contributed by atoms with Gasteiger partial charge in [-0.1, -0.05) is 0 Å². The number of hydrogen-bond donors (Lipinski definition) is 2. The van der Waals surface area contributed by atoms with Crippen LogP contribution in [0, 0.1) is 0 Å². The first-order valence-corrected chi connectivity index (χ1v) is 3.99. The van der Waals surface area contributed by atoms with Crippen LogP contribution < -0.4 is 20.7 Å². The van der Waals surface area contributed by atoms with Crippen LogP contribution >= 0.6 is 12.2 Å². The number of nitrogens with one attached hydrogen (secondary N) is 1. The van der Waals surface area contributed by atoms with E-state index in [4.69, 9.17) is 27.5 Å². The summed E-state index contributed by atoms with van der Waals surface area (Å²) in [6.45, 7) is 0. The minimum Gasteiger partial charge on any atom is -0.497 e. The number of thiocarbonyl (C=S) groups is 1. The largest absolute Gasteiger partial charge is 0.497 e. The highest BCUT2D eigenvalue weighted by Gasteiger charge is 1.97. The number of hydrogen-bond acceptors (Lipinski definition) is 4. The molecule has 0 saturated carbocycles. The summed E-state index contributed by atoms with van der Waals surface area (Å²) in [6, 6.07) is 7.02. The molecule has 4 nitrogen and oxygen atoms in total. The van der Waals surface area contributed by atoms with Gasteiger partial charge in [0.15, 0.2) is 0 Å². The number of benzene rings is 1. The van der Waals surface area contributed by atoms with Crippen LogP contribution in [0.15, 0.2) is 24.3 Å². The molecule has 0 radical (unpaired) electrons. The Balaban J connectivity index is 2.64. The van der Waals surface area contributed by atoms with Gasteiger partial charge >= 0.3 is 0 Å². The van der Waals surface area contributed by atoms with E-state index in [1.54, 1.807) is 31.4 Å². The van der Waals surface area contributed by atoms with Crippen molar-refractivity contribution in [1.82, 2.24) is 5.43 Å². The fraction of sp³-hybridized carbons (Fsp3) is 0.125. The Morgan fingerprint density at radius 3 is 2.31 bits per heavy atom. The molecule has 0 unspecified atom stereocenters. The zero-order valence-electron chi connectivity index (χ0n) is 7.11. The molecule has 1 rings (SSSR count). The lowest BCUT2D eigenvalue weighted by atomic mass is 10.3. The predicted molar refractivity (Wildman–Crippen MR) is 53.5 cm³/mol. The average Bonchev–Trinajstić information content (AvgIpc) is 2.19. The molecular weight excluding hydrogens is 188 g/mol. The Morgan fingerprint density at radius 2 is 1.85 bits per heavy atom. The van der Waals surface area contributed by atoms with Crippen molar-refractivity contribution in [1.29, 1.82) is 0 Å². The van der Waals surface area contributed by atoms with Gasteiger partial charge in [-0.2, -0.15) is 0 Å². The second kappa shape index (κ2) is 4.64. The highest BCUT2D eigenvalue weighted by Crippen LogP contribution is 2.16. The van der Waals surface area contributed by atoms with Crippen LogP contribution in [0.4, 0.5) is 0 Å². The van der Waals surface area contributed by atoms with Crippen molar-refractivity contribution in [3.05, 3.63) is 24.3 Å². The lowest BCUT2D eigenvalue weighted by molar-refractivity contribution is 0.413. The van der Waals surface area contributed by atoms with E-state index in [9.17, 15) is 0 Å². The summed E-state index contributed by atoms with van der Waals surface area (Å²) in [7, 11) is 1.60. The molecule has 0 aliphatic carbocycles. The number of methoxy groups -OCH3 is 1. The zero-order valence-corrected chi connectivity index (χ0v) is 7.93. The molecule has 0 amide bonds. The lowest BCUT2D eigenvalue weighted by Crippen LogP contribution is -2.32. The maximum absolute atomic E-state index is 5.10. The molecule has 0 spiro atoms. The molecule has 1 aromatic carbocycles. The van der Waals surface area contributed by atoms with Gasteiger partial charge in [-0.15, -0.1) is 0 Å². The van der Waals surface area contributed by atoms with E-state index in [-0.39, 0.29) is 5.17 Å². The van der Waals surface area contributed by atoms with Crippen LogP contribution in [0.3, 0.4) is 0 Å². The van der Waals surface area contributed by atoms with Crippen molar-refractivity contribution in [3.8, 4) is 11.5 Å². The molecule has 0 atom stereocenters. The van der Waals surface area contributed by atoms with Gasteiger partial charge in [-0.05, 0) is 36.5 Å². The van der Waals surface area contributed by atoms with Crippen molar-refractivity contribution in [2.75, 3.05) is 7.11 Å². The summed E-state index contributed by atoms with van der Waals surface area (Å²) < 4.78 is 10.1. The minimum atomic E-state index is 0.130. The third-order valence-corrected chi connectivity index (χ3v) is 1.59. The molecule has 0 heterocycles. The Kier molecular flexibility index (Phi) is 3.48. The number of ether oxygens (including phenoxy) is 2. The van der Waals surface area contributed by atoms with Crippen LogP contribution in [0.2, 0.25) is 0 Å². The third kappa shape index (κ3) is 2.89. The van der Waals surface area contributed by atoms with Crippen molar-refractivity contribution in [2.45, 2.75) is 0 Å². The summed E-state index contributed by atoms with van der Waals surface area (Å²) in [5.74, 6) is 6.41. The van der Waals surface area contributed by atoms with Crippen LogP contribution in [0.5, 0.6) is 11.5 Å². The Bertz CT molecular complexity index is 287. The summed E-state index contributed by atoms with van der Waals surface area (Å²) >= 11 is 4.71. The second-order valence-electron chi connectivity index (χ2n) is 2.21. The van der Waals surface area contributed by atoms with E-state index in [2.05, 4.69) is 5.43 Å². The highest BCUT2D eigenvalue weighted by molar-refractivity contribution is 7.80. The molecule has 1 aromatic rings. The van der Waals surface area contributed by atoms with E-state index in [0.29, 0.717) is 5.75 Å². The smallest absolute Gasteiger partial charge is 0.276 e. The van der Waals surface area contributed by atoms with Crippen molar-refractivity contribution in [3.63, 3.8) is 0 Å². The monoisotopic (exact) mass is 198 g/mol. The van der Waals surface area contributed by atoms with Gasteiger partial charge in [0, 0.05) is 0 Å². The van der Waals surface area contributed by atoms with Crippen LogP contribution in [0.25, 0.3) is 0 Å². The van der Waals surface area contributed by atoms with E-state index >= 15 is 0 Å². The average molecular weight is 198 g/mol. The standard InChI is InChI=1S/C8H10N2O2S/c1-11-6-2-4-7(5-3-6)12-8(13)10-9/h2-5H,9H2,1H3,(H,10,13). The first-order valence-electron chi connectivity index (χ1n) is 3.58. The zero-order chi connectivity index (χ0) is 9.68. The first kappa shape index (κ1) is 9.76. The molecule has 0 fully saturated rings. The van der Waals surface area contributed by atoms with Gasteiger partial charge in [0.2, 0.25) is 0 Å². The summed E-state index contributed by atoms with van der Waals surface area (Å²) in [6.07, 6.45) is 0. The fourth-order valence-electron chi connectivity index (χ4n) is 0.780. The number of nitrogens with two attached hydrogens (primary N) is 1. The maximum atomic E-state index is 5.10. The fourth-order valence-corrected chi connectivity index (χ4v) is 0.876. The molecule has 0 saturated heterocycles. The molecule has 0 aliphatic rings. The van der Waals surface area contributed by atoms with E-state index in [1.165, 1.54) is 0 Å². The molecule has 0 aliphatic heterocycles. The SMILES string of the molecule is COc1ccc(OC(=S)NN)cc1. The van der Waals surface area contributed by atoms with Crippen LogP contribution in [-0.4, -0.2) is 12.3 Å². The van der Waals surface area contributed by atoms with Crippen molar-refractivity contribution >= 4 is 17.4 Å². The summed E-state index contributed by atoms with van der Waals surface area (Å²) in [5, 5.41) is 0.130. The summed E-state index contributed by atoms with van der Waals surface area (Å²) in [4.78, 5) is 0. The Labute approximate surface area is 81.6 Å². The Morgan fingerprint density at radius 1 is 1.31 bits per heavy atom. The second-order valence-corrected chi connectivity index (χ2v) is 2.58. The molecule has 13 heavy (non-hydrogen) atoms. The van der Waals surface area contributed by atoms with Gasteiger partial charge in [0.05, 0.1) is 7.11 Å². The topological polar surface area (TPSA) is 56.5 Å². The van der Waals surface area contributed by atoms with Crippen molar-refractivity contribution < 1.29 is 9.47 Å². The molecule has 3 N–H and O–H groups in total. The lowest BCUT2D eigenvalue weighted by Gasteiger charge is -2.05. The third-order valence-electron chi connectivity index (χ3n) is 1.39. The van der Waals surface area contributed by atoms with E-state index in [1.807, 2.05) is 0 Å². The molecule has 0 aromatic heterocycles. The molecule has 0 bridgehead atoms. The summed E-state index contributed by atoms with van der Waals surface area (Å²) in [5.41, 5.74) is 2.22. The number of rotatable bonds is 2. The normalized spacial score (nSPS) is 9.08. The van der Waals surface area contributed by atoms with Gasteiger partial charge in [-0.3, -0.25) is 5.43 Å². The van der Waals surface area contributed by atoms with E-state index in [0.717, 1.165) is 5.75 Å². The van der Waals surface area contributed by atoms with Gasteiger partial charge < -0.3 is 9.47 Å². The van der Waals surface area contributed by atoms with E-state index < -0.39 is 0 Å². The first-order chi connectivity index (χ1) is 6.26. The van der Waals surface area contributed by atoms with Gasteiger partial charge in [0.1, 0.15) is 11.5 Å². The maximum Gasteiger partial charge on any atom is 0.276 e. The Hall–Kier alpha value is -1.33. The number of hydrazine groups is 1. The van der Waals surface area contributed by atoms with Crippen molar-refractivity contribution in [2.24, 2.45) is 5.84 Å². The molecular formula is C8H10N2O2S. The predicted octanol–water partition coefficient (Wildman–Crippen LogP) is 0.822.